The van der Waals surface area contributed by atoms with Crippen molar-refractivity contribution in [2.75, 3.05) is 7.11 Å². The number of ether oxygens (including phenoxy) is 1. The molecule has 0 spiro atoms. The maximum atomic E-state index is 13.1. The lowest BCUT2D eigenvalue weighted by Crippen LogP contribution is -1.95. The van der Waals surface area contributed by atoms with E-state index in [0.29, 0.717) is 0 Å². The average Bonchev–Trinajstić information content (AvgIpc) is 2.53. The topological polar surface area (TPSA) is 89.7 Å². The molecule has 0 saturated heterocycles. The van der Waals surface area contributed by atoms with Gasteiger partial charge in [-0.15, -0.1) is 0 Å². The molecule has 0 unspecified atom stereocenters. The number of nitro benzene ring substituents is 1. The Bertz CT molecular complexity index is 801. The molecule has 1 N–H and O–H groups in total. The van der Waals surface area contributed by atoms with Crippen molar-refractivity contribution < 1.29 is 24.0 Å². The average molecular weight is 317 g/mol. The Labute approximate surface area is 130 Å². The second kappa shape index (κ2) is 6.69. The molecule has 0 aromatic heterocycles. The molecule has 2 aromatic carbocycles. The maximum absolute atomic E-state index is 13.1. The summed E-state index contributed by atoms with van der Waals surface area (Å²) in [7, 11) is 1.25. The number of benzene rings is 2. The number of halogens is 1. The van der Waals surface area contributed by atoms with Crippen LogP contribution in [0, 0.1) is 15.9 Å². The van der Waals surface area contributed by atoms with E-state index < -0.39 is 28.0 Å². The van der Waals surface area contributed by atoms with Crippen LogP contribution in [0.4, 0.5) is 10.1 Å². The highest BCUT2D eigenvalue weighted by Gasteiger charge is 2.19. The van der Waals surface area contributed by atoms with Crippen molar-refractivity contribution in [3.8, 4) is 11.5 Å². The van der Waals surface area contributed by atoms with Crippen molar-refractivity contribution in [2.45, 2.75) is 0 Å². The molecule has 0 aliphatic rings. The Hall–Kier alpha value is -3.22. The van der Waals surface area contributed by atoms with Crippen LogP contribution in [0.25, 0.3) is 6.08 Å². The Morgan fingerprint density at radius 1 is 1.35 bits per heavy atom. The Balaban J connectivity index is 2.34. The number of carbonyl (C=O) groups is 1. The summed E-state index contributed by atoms with van der Waals surface area (Å²) in [6.45, 7) is 0. The van der Waals surface area contributed by atoms with Gasteiger partial charge in [0, 0.05) is 11.6 Å². The third kappa shape index (κ3) is 3.70. The Morgan fingerprint density at radius 2 is 2.09 bits per heavy atom. The fraction of sp³-hybridized carbons (Fsp3) is 0.0625. The number of phenolic OH excluding ortho intramolecular Hbond substituents is 1. The lowest BCUT2D eigenvalue weighted by molar-refractivity contribution is -0.386. The molecule has 0 aliphatic heterocycles. The summed E-state index contributed by atoms with van der Waals surface area (Å²) < 4.78 is 17.9. The Morgan fingerprint density at radius 3 is 2.70 bits per heavy atom. The number of methoxy groups -OCH3 is 1. The highest BCUT2D eigenvalue weighted by atomic mass is 19.1. The number of ketones is 1. The van der Waals surface area contributed by atoms with Crippen molar-refractivity contribution in [3.05, 3.63) is 69.5 Å². The molecule has 0 heterocycles. The van der Waals surface area contributed by atoms with Gasteiger partial charge < -0.3 is 9.84 Å². The normalized spacial score (nSPS) is 10.7. The molecule has 0 saturated carbocycles. The largest absolute Gasteiger partial charge is 0.500 e. The lowest BCUT2D eigenvalue weighted by atomic mass is 10.1. The predicted molar refractivity (Wildman–Crippen MR) is 81.1 cm³/mol. The summed E-state index contributed by atoms with van der Waals surface area (Å²) in [4.78, 5) is 22.1. The SMILES string of the molecule is COc1cc(/C=C/C(=O)c2cccc(F)c2)cc([N+](=O)[O-])c1O. The highest BCUT2D eigenvalue weighted by molar-refractivity contribution is 6.06. The zero-order valence-corrected chi connectivity index (χ0v) is 12.0. The van der Waals surface area contributed by atoms with Gasteiger partial charge in [0.05, 0.1) is 12.0 Å². The molecule has 23 heavy (non-hydrogen) atoms. The number of nitrogens with zero attached hydrogens (tertiary/aromatic N) is 1. The van der Waals surface area contributed by atoms with Gasteiger partial charge in [0.15, 0.2) is 11.5 Å². The van der Waals surface area contributed by atoms with Crippen LogP contribution in [-0.2, 0) is 0 Å². The molecular formula is C16H12FNO5. The molecule has 2 aromatic rings. The van der Waals surface area contributed by atoms with Gasteiger partial charge in [0.1, 0.15) is 5.82 Å². The molecule has 118 valence electrons. The molecular weight excluding hydrogens is 305 g/mol. The highest BCUT2D eigenvalue weighted by Crippen LogP contribution is 2.37. The van der Waals surface area contributed by atoms with Crippen molar-refractivity contribution in [3.63, 3.8) is 0 Å². The van der Waals surface area contributed by atoms with Gasteiger partial charge in [0.2, 0.25) is 5.75 Å². The molecule has 2 rings (SSSR count). The van der Waals surface area contributed by atoms with Crippen LogP contribution in [0.5, 0.6) is 11.5 Å². The fourth-order valence-corrected chi connectivity index (χ4v) is 1.91. The van der Waals surface area contributed by atoms with Crippen molar-refractivity contribution in [1.82, 2.24) is 0 Å². The molecule has 6 nitrogen and oxygen atoms in total. The molecule has 0 amide bonds. The predicted octanol–water partition coefficient (Wildman–Crippen LogP) is 3.34. The zero-order chi connectivity index (χ0) is 17.0. The van der Waals surface area contributed by atoms with E-state index in [1.807, 2.05) is 0 Å². The molecule has 7 heteroatoms. The van der Waals surface area contributed by atoms with E-state index in [2.05, 4.69) is 0 Å². The van der Waals surface area contributed by atoms with Crippen LogP contribution in [0.3, 0.4) is 0 Å². The second-order valence-electron chi connectivity index (χ2n) is 4.56. The van der Waals surface area contributed by atoms with Crippen LogP contribution >= 0.6 is 0 Å². The van der Waals surface area contributed by atoms with Crippen LogP contribution in [0.1, 0.15) is 15.9 Å². The number of phenols is 1. The minimum absolute atomic E-state index is 0.0861. The van der Waals surface area contributed by atoms with E-state index in [4.69, 9.17) is 4.74 Å². The number of carbonyl (C=O) groups excluding carboxylic acids is 1. The summed E-state index contributed by atoms with van der Waals surface area (Å²) in [5, 5.41) is 20.6. The van der Waals surface area contributed by atoms with E-state index >= 15 is 0 Å². The van der Waals surface area contributed by atoms with Gasteiger partial charge >= 0.3 is 5.69 Å². The number of rotatable bonds is 5. The third-order valence-electron chi connectivity index (χ3n) is 3.03. The zero-order valence-electron chi connectivity index (χ0n) is 12.0. The monoisotopic (exact) mass is 317 g/mol. The van der Waals surface area contributed by atoms with Crippen LogP contribution in [0.2, 0.25) is 0 Å². The number of aromatic hydroxyl groups is 1. The summed E-state index contributed by atoms with van der Waals surface area (Å²) >= 11 is 0. The van der Waals surface area contributed by atoms with Crippen molar-refractivity contribution in [1.29, 1.82) is 0 Å². The van der Waals surface area contributed by atoms with Gasteiger partial charge in [-0.25, -0.2) is 4.39 Å². The van der Waals surface area contributed by atoms with Crippen molar-refractivity contribution >= 4 is 17.5 Å². The fourth-order valence-electron chi connectivity index (χ4n) is 1.91. The Kier molecular flexibility index (Phi) is 4.70. The second-order valence-corrected chi connectivity index (χ2v) is 4.56. The number of hydrogen-bond acceptors (Lipinski definition) is 5. The first-order chi connectivity index (χ1) is 10.9. The summed E-state index contributed by atoms with van der Waals surface area (Å²) in [6, 6.07) is 7.62. The number of allylic oxidation sites excluding steroid dienone is 1. The summed E-state index contributed by atoms with van der Waals surface area (Å²) in [5.41, 5.74) is -0.0974. The first-order valence-electron chi connectivity index (χ1n) is 6.45. The van der Waals surface area contributed by atoms with E-state index in [1.54, 1.807) is 0 Å². The van der Waals surface area contributed by atoms with Crippen LogP contribution < -0.4 is 4.74 Å². The molecule has 0 bridgehead atoms. The minimum Gasteiger partial charge on any atom is -0.500 e. The quantitative estimate of drug-likeness (QED) is 0.395. The smallest absolute Gasteiger partial charge is 0.315 e. The minimum atomic E-state index is -0.760. The maximum Gasteiger partial charge on any atom is 0.315 e. The van der Waals surface area contributed by atoms with Crippen LogP contribution in [0.15, 0.2) is 42.5 Å². The van der Waals surface area contributed by atoms with Gasteiger partial charge in [-0.05, 0) is 29.8 Å². The van der Waals surface area contributed by atoms with Gasteiger partial charge in [-0.2, -0.15) is 0 Å². The first kappa shape index (κ1) is 16.2. The van der Waals surface area contributed by atoms with E-state index in [1.165, 1.54) is 37.5 Å². The van der Waals surface area contributed by atoms with Gasteiger partial charge in [-0.1, -0.05) is 18.2 Å². The first-order valence-corrected chi connectivity index (χ1v) is 6.45. The van der Waals surface area contributed by atoms with E-state index in [0.717, 1.165) is 18.2 Å². The molecule has 0 fully saturated rings. The van der Waals surface area contributed by atoms with E-state index in [9.17, 15) is 24.4 Å². The van der Waals surface area contributed by atoms with Crippen molar-refractivity contribution in [2.24, 2.45) is 0 Å². The van der Waals surface area contributed by atoms with Gasteiger partial charge in [-0.3, -0.25) is 14.9 Å². The summed E-state index contributed by atoms with van der Waals surface area (Å²) in [6.07, 6.45) is 2.48. The standard InChI is InChI=1S/C16H12FNO5/c1-23-15-8-10(7-13(16(15)20)18(21)22)5-6-14(19)11-3-2-4-12(17)9-11/h2-9,20H,1H3/b6-5+. The van der Waals surface area contributed by atoms with Crippen LogP contribution in [-0.4, -0.2) is 22.9 Å². The lowest BCUT2D eigenvalue weighted by Gasteiger charge is -2.05. The molecule has 0 atom stereocenters. The van der Waals surface area contributed by atoms with Gasteiger partial charge in [0.25, 0.3) is 0 Å². The number of nitro groups is 1. The van der Waals surface area contributed by atoms with E-state index in [-0.39, 0.29) is 16.9 Å². The third-order valence-corrected chi connectivity index (χ3v) is 3.03. The molecule has 0 radical (unpaired) electrons. The molecule has 0 aliphatic carbocycles. The number of hydrogen-bond donors (Lipinski definition) is 1. The summed E-state index contributed by atoms with van der Waals surface area (Å²) in [5.74, 6) is -1.67.